The molecule has 0 saturated carbocycles. The van der Waals surface area contributed by atoms with Gasteiger partial charge in [-0.2, -0.15) is 10.2 Å². The number of H-pyrrole nitrogens is 1. The van der Waals surface area contributed by atoms with E-state index < -0.39 is 36.5 Å². The molecular formula is C11H12N6O4. The van der Waals surface area contributed by atoms with Crippen molar-refractivity contribution in [3.8, 4) is 6.07 Å². The number of nitriles is 1. The summed E-state index contributed by atoms with van der Waals surface area (Å²) in [6.45, 7) is -0.432. The van der Waals surface area contributed by atoms with Gasteiger partial charge in [0.25, 0.3) is 5.56 Å². The fraction of sp³-hybridized carbons (Fsp3) is 0.455. The number of nitrogens with one attached hydrogen (secondary N) is 1. The van der Waals surface area contributed by atoms with Crippen molar-refractivity contribution >= 4 is 17.1 Å². The number of hydrogen-bond donors (Lipinski definition) is 4. The van der Waals surface area contributed by atoms with Crippen LogP contribution in [0.4, 0.5) is 5.95 Å². The van der Waals surface area contributed by atoms with Crippen molar-refractivity contribution in [2.75, 3.05) is 12.3 Å². The molecule has 3 heterocycles. The summed E-state index contributed by atoms with van der Waals surface area (Å²) in [5.74, 6) is -1.03. The number of rotatable bonds is 2. The third-order valence-electron chi connectivity index (χ3n) is 3.42. The van der Waals surface area contributed by atoms with Crippen LogP contribution in [-0.2, 0) is 4.74 Å². The molecule has 1 saturated heterocycles. The fourth-order valence-electron chi connectivity index (χ4n) is 2.40. The summed E-state index contributed by atoms with van der Waals surface area (Å²) in [5, 5.41) is 28.3. The molecule has 10 nitrogen and oxygen atoms in total. The van der Waals surface area contributed by atoms with Gasteiger partial charge in [0.05, 0.1) is 19.0 Å². The van der Waals surface area contributed by atoms with Crippen LogP contribution in [0.5, 0.6) is 0 Å². The predicted octanol–water partition coefficient (Wildman–Crippen LogP) is -1.91. The van der Waals surface area contributed by atoms with Crippen molar-refractivity contribution in [2.45, 2.75) is 18.4 Å². The normalized spacial score (nSPS) is 28.8. The van der Waals surface area contributed by atoms with E-state index in [1.165, 1.54) is 10.9 Å². The SMILES string of the molecule is N#CC1C(O)[C@@H](CO)O[C@H]1n1cnc2c(=O)[nH]c(N)nc21. The standard InChI is InChI=1S/C11H12N6O4/c12-1-4-7(19)5(2-18)21-10(4)17-3-14-6-8(17)15-11(13)16-9(6)20/h3-5,7,10,18-19H,2H2,(H3,13,15,16,20)/t4?,5-,7?,10-/m1/s1. The lowest BCUT2D eigenvalue weighted by Gasteiger charge is -2.15. The number of nitrogen functional groups attached to an aromatic ring is 1. The molecule has 2 aromatic heterocycles. The van der Waals surface area contributed by atoms with Crippen LogP contribution < -0.4 is 11.3 Å². The van der Waals surface area contributed by atoms with Crippen LogP contribution in [0.3, 0.4) is 0 Å². The minimum atomic E-state index is -1.15. The van der Waals surface area contributed by atoms with Gasteiger partial charge in [-0.3, -0.25) is 14.3 Å². The second-order valence-electron chi connectivity index (χ2n) is 4.67. The largest absolute Gasteiger partial charge is 0.394 e. The molecule has 0 spiro atoms. The molecule has 1 fully saturated rings. The van der Waals surface area contributed by atoms with Crippen molar-refractivity contribution in [2.24, 2.45) is 5.92 Å². The van der Waals surface area contributed by atoms with Gasteiger partial charge in [0, 0.05) is 0 Å². The Balaban J connectivity index is 2.13. The second kappa shape index (κ2) is 4.81. The van der Waals surface area contributed by atoms with E-state index in [0.29, 0.717) is 0 Å². The molecule has 21 heavy (non-hydrogen) atoms. The molecule has 0 aliphatic carbocycles. The van der Waals surface area contributed by atoms with Crippen molar-refractivity contribution in [3.63, 3.8) is 0 Å². The van der Waals surface area contributed by atoms with E-state index >= 15 is 0 Å². The first kappa shape index (κ1) is 13.5. The molecule has 5 N–H and O–H groups in total. The van der Waals surface area contributed by atoms with E-state index in [1.807, 2.05) is 6.07 Å². The third kappa shape index (κ3) is 1.95. The summed E-state index contributed by atoms with van der Waals surface area (Å²) in [6, 6.07) is 1.93. The van der Waals surface area contributed by atoms with Crippen LogP contribution in [0, 0.1) is 17.2 Å². The van der Waals surface area contributed by atoms with Gasteiger partial charge in [-0.25, -0.2) is 4.98 Å². The van der Waals surface area contributed by atoms with Gasteiger partial charge in [-0.1, -0.05) is 0 Å². The minimum Gasteiger partial charge on any atom is -0.394 e. The smallest absolute Gasteiger partial charge is 0.280 e. The zero-order valence-corrected chi connectivity index (χ0v) is 10.7. The van der Waals surface area contributed by atoms with Crippen molar-refractivity contribution in [3.05, 3.63) is 16.7 Å². The Labute approximate surface area is 117 Å². The molecule has 2 aromatic rings. The number of aliphatic hydroxyl groups excluding tert-OH is 2. The van der Waals surface area contributed by atoms with Gasteiger partial charge >= 0.3 is 0 Å². The van der Waals surface area contributed by atoms with E-state index in [1.54, 1.807) is 0 Å². The molecule has 4 atom stereocenters. The highest BCUT2D eigenvalue weighted by atomic mass is 16.5. The van der Waals surface area contributed by atoms with Gasteiger partial charge in [-0.05, 0) is 0 Å². The minimum absolute atomic E-state index is 0.0476. The van der Waals surface area contributed by atoms with Gasteiger partial charge in [0.15, 0.2) is 17.4 Å². The summed E-state index contributed by atoms with van der Waals surface area (Å²) in [6.07, 6.45) is -1.67. The molecule has 10 heteroatoms. The number of aliphatic hydroxyl groups is 2. The average molecular weight is 292 g/mol. The number of nitrogens with two attached hydrogens (primary N) is 1. The van der Waals surface area contributed by atoms with Gasteiger partial charge < -0.3 is 20.7 Å². The summed E-state index contributed by atoms with van der Waals surface area (Å²) in [4.78, 5) is 21.9. The highest BCUT2D eigenvalue weighted by Crippen LogP contribution is 2.35. The van der Waals surface area contributed by atoms with Crippen LogP contribution in [0.15, 0.2) is 11.1 Å². The number of aromatic amines is 1. The summed E-state index contributed by atoms with van der Waals surface area (Å²) >= 11 is 0. The zero-order valence-electron chi connectivity index (χ0n) is 10.7. The summed E-state index contributed by atoms with van der Waals surface area (Å²) in [5.41, 5.74) is 5.18. The molecule has 110 valence electrons. The molecule has 0 aromatic carbocycles. The van der Waals surface area contributed by atoms with Crippen molar-refractivity contribution in [1.29, 1.82) is 5.26 Å². The second-order valence-corrected chi connectivity index (χ2v) is 4.67. The number of imidazole rings is 1. The van der Waals surface area contributed by atoms with Crippen molar-refractivity contribution < 1.29 is 14.9 Å². The van der Waals surface area contributed by atoms with Crippen LogP contribution in [0.25, 0.3) is 11.2 Å². The quantitative estimate of drug-likeness (QED) is 0.498. The van der Waals surface area contributed by atoms with Gasteiger partial charge in [0.2, 0.25) is 5.95 Å². The van der Waals surface area contributed by atoms with Gasteiger partial charge in [0.1, 0.15) is 18.1 Å². The zero-order chi connectivity index (χ0) is 15.1. The molecule has 3 rings (SSSR count). The number of fused-ring (bicyclic) bond motifs is 1. The Bertz CT molecular complexity index is 777. The van der Waals surface area contributed by atoms with Crippen LogP contribution in [0.1, 0.15) is 6.23 Å². The molecule has 0 bridgehead atoms. The number of hydrogen-bond acceptors (Lipinski definition) is 8. The Morgan fingerprint density at radius 2 is 2.38 bits per heavy atom. The molecular weight excluding hydrogens is 280 g/mol. The van der Waals surface area contributed by atoms with Crippen LogP contribution in [0.2, 0.25) is 0 Å². The first-order valence-electron chi connectivity index (χ1n) is 6.13. The Hall–Kier alpha value is -2.48. The van der Waals surface area contributed by atoms with E-state index in [0.717, 1.165) is 0 Å². The third-order valence-corrected chi connectivity index (χ3v) is 3.42. The molecule has 0 radical (unpaired) electrons. The Kier molecular flexibility index (Phi) is 3.09. The number of aromatic nitrogens is 4. The first-order valence-corrected chi connectivity index (χ1v) is 6.13. The molecule has 2 unspecified atom stereocenters. The lowest BCUT2D eigenvalue weighted by Crippen LogP contribution is -2.28. The fourth-order valence-corrected chi connectivity index (χ4v) is 2.40. The Morgan fingerprint density at radius 1 is 1.62 bits per heavy atom. The maximum absolute atomic E-state index is 11.7. The topological polar surface area (TPSA) is 163 Å². The Morgan fingerprint density at radius 3 is 3.05 bits per heavy atom. The van der Waals surface area contributed by atoms with E-state index in [-0.39, 0.29) is 17.1 Å². The molecule has 1 aliphatic rings. The summed E-state index contributed by atoms with van der Waals surface area (Å²) < 4.78 is 6.82. The average Bonchev–Trinajstić information content (AvgIpc) is 2.99. The highest BCUT2D eigenvalue weighted by Gasteiger charge is 2.45. The lowest BCUT2D eigenvalue weighted by molar-refractivity contribution is -0.0441. The van der Waals surface area contributed by atoms with Crippen molar-refractivity contribution in [1.82, 2.24) is 19.5 Å². The van der Waals surface area contributed by atoms with E-state index in [2.05, 4.69) is 15.0 Å². The number of nitrogens with zero attached hydrogens (tertiary/aromatic N) is 4. The molecule has 1 aliphatic heterocycles. The highest BCUT2D eigenvalue weighted by molar-refractivity contribution is 5.70. The molecule has 0 amide bonds. The number of anilines is 1. The lowest BCUT2D eigenvalue weighted by atomic mass is 10.0. The van der Waals surface area contributed by atoms with Crippen LogP contribution >= 0.6 is 0 Å². The van der Waals surface area contributed by atoms with E-state index in [4.69, 9.17) is 15.6 Å². The van der Waals surface area contributed by atoms with Gasteiger partial charge in [-0.15, -0.1) is 0 Å². The first-order chi connectivity index (χ1) is 10.1. The van der Waals surface area contributed by atoms with Crippen LogP contribution in [-0.4, -0.2) is 48.5 Å². The van der Waals surface area contributed by atoms with E-state index in [9.17, 15) is 15.2 Å². The number of ether oxygens (including phenoxy) is 1. The maximum Gasteiger partial charge on any atom is 0.280 e. The maximum atomic E-state index is 11.7. The monoisotopic (exact) mass is 292 g/mol. The predicted molar refractivity (Wildman–Crippen MR) is 68.7 cm³/mol. The summed E-state index contributed by atoms with van der Waals surface area (Å²) in [7, 11) is 0.